The summed E-state index contributed by atoms with van der Waals surface area (Å²) < 4.78 is 36.4. The summed E-state index contributed by atoms with van der Waals surface area (Å²) in [6.07, 6.45) is 3.00. The van der Waals surface area contributed by atoms with Gasteiger partial charge in [-0.1, -0.05) is 12.1 Å². The lowest BCUT2D eigenvalue weighted by molar-refractivity contribution is 0.0753. The summed E-state index contributed by atoms with van der Waals surface area (Å²) in [6.45, 7) is -0.0520. The molecule has 2 aromatic carbocycles. The first-order valence-corrected chi connectivity index (χ1v) is 8.63. The Balaban J connectivity index is 1.51. The minimum absolute atomic E-state index is 0.143. The van der Waals surface area contributed by atoms with Crippen LogP contribution in [0.15, 0.2) is 47.3 Å². The summed E-state index contributed by atoms with van der Waals surface area (Å²) >= 11 is 0. The number of nitrogens with zero attached hydrogens (tertiary/aromatic N) is 4. The van der Waals surface area contributed by atoms with Crippen molar-refractivity contribution < 1.29 is 18.0 Å². The van der Waals surface area contributed by atoms with Crippen LogP contribution in [-0.2, 0) is 20.1 Å². The van der Waals surface area contributed by atoms with Crippen molar-refractivity contribution in [1.29, 1.82) is 0 Å². The van der Waals surface area contributed by atoms with Crippen molar-refractivity contribution >= 4 is 16.8 Å². The minimum Gasteiger partial charge on any atom is -0.446 e. The Morgan fingerprint density at radius 1 is 1.21 bits per heavy atom. The quantitative estimate of drug-likeness (QED) is 0.544. The number of hydrogen-bond acceptors (Lipinski definition) is 4. The summed E-state index contributed by atoms with van der Waals surface area (Å²) in [5.41, 5.74) is 1.88. The standard InChI is InChI=1S/C20H14F2N4O2/c1-25-7-13-12(3-2-4-17(13)24-25)11-5-15(21)14(16(22)6-11)8-26-9-18-19(20(26)27)23-10-28-18/h2-7,10H,8-9H2,1H3. The molecule has 0 bridgehead atoms. The van der Waals surface area contributed by atoms with E-state index < -0.39 is 17.5 Å². The number of benzene rings is 2. The van der Waals surface area contributed by atoms with Gasteiger partial charge in [-0.2, -0.15) is 5.10 Å². The summed E-state index contributed by atoms with van der Waals surface area (Å²) in [7, 11) is 1.79. The van der Waals surface area contributed by atoms with Gasteiger partial charge in [-0.05, 0) is 29.3 Å². The zero-order valence-corrected chi connectivity index (χ0v) is 14.8. The maximum atomic E-state index is 14.8. The van der Waals surface area contributed by atoms with E-state index in [1.54, 1.807) is 23.9 Å². The van der Waals surface area contributed by atoms with E-state index in [9.17, 15) is 13.6 Å². The van der Waals surface area contributed by atoms with Crippen molar-refractivity contribution in [2.24, 2.45) is 7.05 Å². The van der Waals surface area contributed by atoms with Gasteiger partial charge in [-0.3, -0.25) is 9.48 Å². The number of aromatic nitrogens is 3. The molecule has 0 atom stereocenters. The average molecular weight is 380 g/mol. The van der Waals surface area contributed by atoms with Crippen molar-refractivity contribution in [3.8, 4) is 11.1 Å². The molecular formula is C20H14F2N4O2. The first-order valence-electron chi connectivity index (χ1n) is 8.63. The van der Waals surface area contributed by atoms with Crippen LogP contribution in [0.25, 0.3) is 22.0 Å². The van der Waals surface area contributed by atoms with E-state index in [4.69, 9.17) is 4.42 Å². The molecule has 0 aliphatic carbocycles. The summed E-state index contributed by atoms with van der Waals surface area (Å²) in [6, 6.07) is 8.01. The SMILES string of the molecule is Cn1cc2c(-c3cc(F)c(CN4Cc5ocnc5C4=O)c(F)c3)cccc2n1. The highest BCUT2D eigenvalue weighted by atomic mass is 19.1. The number of amides is 1. The number of fused-ring (bicyclic) bond motifs is 2. The molecule has 0 spiro atoms. The number of rotatable bonds is 3. The van der Waals surface area contributed by atoms with Crippen molar-refractivity contribution in [2.75, 3.05) is 0 Å². The monoisotopic (exact) mass is 380 g/mol. The van der Waals surface area contributed by atoms with Gasteiger partial charge in [0.25, 0.3) is 5.91 Å². The second-order valence-electron chi connectivity index (χ2n) is 6.74. The second-order valence-corrected chi connectivity index (χ2v) is 6.74. The highest BCUT2D eigenvalue weighted by Gasteiger charge is 2.33. The third kappa shape index (κ3) is 2.49. The molecular weight excluding hydrogens is 366 g/mol. The fourth-order valence-electron chi connectivity index (χ4n) is 3.59. The van der Waals surface area contributed by atoms with Crippen LogP contribution in [0.1, 0.15) is 21.8 Å². The number of carbonyl (C=O) groups is 1. The smallest absolute Gasteiger partial charge is 0.276 e. The maximum absolute atomic E-state index is 14.8. The van der Waals surface area contributed by atoms with E-state index in [0.29, 0.717) is 16.9 Å². The lowest BCUT2D eigenvalue weighted by Gasteiger charge is -2.17. The molecule has 2 aromatic heterocycles. The van der Waals surface area contributed by atoms with Gasteiger partial charge in [0.1, 0.15) is 11.6 Å². The van der Waals surface area contributed by atoms with Crippen molar-refractivity contribution in [1.82, 2.24) is 19.7 Å². The zero-order valence-electron chi connectivity index (χ0n) is 14.8. The molecule has 140 valence electrons. The van der Waals surface area contributed by atoms with Crippen LogP contribution in [-0.4, -0.2) is 25.6 Å². The molecule has 3 heterocycles. The van der Waals surface area contributed by atoms with Gasteiger partial charge in [0, 0.05) is 24.2 Å². The van der Waals surface area contributed by atoms with Gasteiger partial charge in [0.15, 0.2) is 17.8 Å². The second kappa shape index (κ2) is 5.98. The fraction of sp³-hybridized carbons (Fsp3) is 0.150. The first kappa shape index (κ1) is 16.6. The molecule has 1 amide bonds. The Morgan fingerprint density at radius 3 is 2.75 bits per heavy atom. The number of oxazole rings is 1. The molecule has 1 aliphatic rings. The number of carbonyl (C=O) groups excluding carboxylic acids is 1. The predicted molar refractivity (Wildman–Crippen MR) is 96.1 cm³/mol. The van der Waals surface area contributed by atoms with E-state index in [0.717, 1.165) is 10.9 Å². The molecule has 0 unspecified atom stereocenters. The van der Waals surface area contributed by atoms with Crippen molar-refractivity contribution in [3.05, 3.63) is 71.6 Å². The normalized spacial score (nSPS) is 13.5. The molecule has 0 radical (unpaired) electrons. The minimum atomic E-state index is -0.708. The van der Waals surface area contributed by atoms with E-state index in [1.807, 2.05) is 12.3 Å². The number of aryl methyl sites for hydroxylation is 1. The zero-order chi connectivity index (χ0) is 19.4. The van der Waals surface area contributed by atoms with Crippen LogP contribution in [0, 0.1) is 11.6 Å². The fourth-order valence-corrected chi connectivity index (χ4v) is 3.59. The van der Waals surface area contributed by atoms with Gasteiger partial charge < -0.3 is 9.32 Å². The Labute approximate surface area is 158 Å². The lowest BCUT2D eigenvalue weighted by Crippen LogP contribution is -2.25. The van der Waals surface area contributed by atoms with Gasteiger partial charge >= 0.3 is 0 Å². The number of halogens is 2. The Morgan fingerprint density at radius 2 is 2.00 bits per heavy atom. The summed E-state index contributed by atoms with van der Waals surface area (Å²) in [5, 5.41) is 5.13. The van der Waals surface area contributed by atoms with Crippen LogP contribution < -0.4 is 0 Å². The van der Waals surface area contributed by atoms with E-state index >= 15 is 0 Å². The van der Waals surface area contributed by atoms with Crippen LogP contribution in [0.4, 0.5) is 8.78 Å². The third-order valence-corrected chi connectivity index (χ3v) is 4.93. The van der Waals surface area contributed by atoms with Gasteiger partial charge in [0.2, 0.25) is 0 Å². The maximum Gasteiger partial charge on any atom is 0.276 e. The largest absolute Gasteiger partial charge is 0.446 e. The summed E-state index contributed by atoms with van der Waals surface area (Å²) in [4.78, 5) is 17.4. The molecule has 0 saturated carbocycles. The Hall–Kier alpha value is -3.55. The van der Waals surface area contributed by atoms with Crippen molar-refractivity contribution in [3.63, 3.8) is 0 Å². The van der Waals surface area contributed by atoms with E-state index in [1.165, 1.54) is 23.4 Å². The lowest BCUT2D eigenvalue weighted by atomic mass is 9.99. The van der Waals surface area contributed by atoms with E-state index in [2.05, 4.69) is 10.1 Å². The summed E-state index contributed by atoms with van der Waals surface area (Å²) in [5.74, 6) is -1.40. The molecule has 0 N–H and O–H groups in total. The molecule has 6 nitrogen and oxygen atoms in total. The molecule has 0 fully saturated rings. The molecule has 1 aliphatic heterocycles. The highest BCUT2D eigenvalue weighted by Crippen LogP contribution is 2.32. The molecule has 5 rings (SSSR count). The van der Waals surface area contributed by atoms with Crippen LogP contribution in [0.5, 0.6) is 0 Å². The van der Waals surface area contributed by atoms with Gasteiger partial charge in [0.05, 0.1) is 18.6 Å². The van der Waals surface area contributed by atoms with Crippen molar-refractivity contribution in [2.45, 2.75) is 13.1 Å². The first-order chi connectivity index (χ1) is 13.5. The molecule has 4 aromatic rings. The average Bonchev–Trinajstić information content (AvgIpc) is 3.33. The van der Waals surface area contributed by atoms with Gasteiger partial charge in [-0.15, -0.1) is 0 Å². The third-order valence-electron chi connectivity index (χ3n) is 4.93. The Bertz CT molecular complexity index is 1220. The van der Waals surface area contributed by atoms with Gasteiger partial charge in [-0.25, -0.2) is 13.8 Å². The van der Waals surface area contributed by atoms with Crippen LogP contribution in [0.2, 0.25) is 0 Å². The van der Waals surface area contributed by atoms with E-state index in [-0.39, 0.29) is 24.3 Å². The van der Waals surface area contributed by atoms with Crippen LogP contribution >= 0.6 is 0 Å². The predicted octanol–water partition coefficient (Wildman–Crippen LogP) is 3.66. The van der Waals surface area contributed by atoms with Crippen LogP contribution in [0.3, 0.4) is 0 Å². The molecule has 0 saturated heterocycles. The molecule has 8 heteroatoms. The number of hydrogen-bond donors (Lipinski definition) is 0. The topological polar surface area (TPSA) is 64.2 Å². The molecule has 28 heavy (non-hydrogen) atoms. The Kier molecular flexibility index (Phi) is 3.55. The highest BCUT2D eigenvalue weighted by molar-refractivity contribution is 5.96.